The van der Waals surface area contributed by atoms with Crippen molar-refractivity contribution in [3.05, 3.63) is 18.1 Å². The lowest BCUT2D eigenvalue weighted by molar-refractivity contribution is -0.0145. The molecule has 1 aromatic heterocycles. The molecule has 2 N–H and O–H groups in total. The largest absolute Gasteiger partial charge is 0.388 e. The molecule has 0 unspecified atom stereocenters. The van der Waals surface area contributed by atoms with Crippen molar-refractivity contribution >= 4 is 5.82 Å². The third-order valence-electron chi connectivity index (χ3n) is 3.94. The predicted octanol–water partition coefficient (Wildman–Crippen LogP) is 2.53. The molecule has 1 heterocycles. The maximum atomic E-state index is 10.5. The van der Waals surface area contributed by atoms with E-state index in [1.54, 1.807) is 6.33 Å². The molecule has 0 aromatic carbocycles. The van der Waals surface area contributed by atoms with Crippen molar-refractivity contribution in [2.45, 2.75) is 52.1 Å². The second kappa shape index (κ2) is 4.84. The molecule has 18 heavy (non-hydrogen) atoms. The Kier molecular flexibility index (Phi) is 3.57. The third kappa shape index (κ3) is 3.42. The zero-order valence-electron chi connectivity index (χ0n) is 11.5. The second-order valence-electron chi connectivity index (χ2n) is 6.29. The van der Waals surface area contributed by atoms with E-state index < -0.39 is 5.60 Å². The molecule has 0 saturated heterocycles. The molecular weight excluding hydrogens is 226 g/mol. The summed E-state index contributed by atoms with van der Waals surface area (Å²) >= 11 is 0. The topological polar surface area (TPSA) is 58.0 Å². The highest BCUT2D eigenvalue weighted by Crippen LogP contribution is 2.40. The molecule has 1 fully saturated rings. The van der Waals surface area contributed by atoms with Gasteiger partial charge in [-0.05, 0) is 38.0 Å². The first-order valence-electron chi connectivity index (χ1n) is 6.64. The Morgan fingerprint density at radius 2 is 1.89 bits per heavy atom. The van der Waals surface area contributed by atoms with Crippen LogP contribution in [0.25, 0.3) is 0 Å². The fraction of sp³-hybridized carbons (Fsp3) is 0.714. The van der Waals surface area contributed by atoms with Crippen molar-refractivity contribution in [3.63, 3.8) is 0 Å². The van der Waals surface area contributed by atoms with Gasteiger partial charge < -0.3 is 10.4 Å². The molecule has 0 spiro atoms. The van der Waals surface area contributed by atoms with Gasteiger partial charge >= 0.3 is 0 Å². The normalized spacial score (nSPS) is 21.6. The lowest BCUT2D eigenvalue weighted by Gasteiger charge is -2.40. The predicted molar refractivity (Wildman–Crippen MR) is 72.5 cm³/mol. The Balaban J connectivity index is 1.90. The summed E-state index contributed by atoms with van der Waals surface area (Å²) < 4.78 is 0. The summed E-state index contributed by atoms with van der Waals surface area (Å²) in [7, 11) is 0. The number of hydrogen-bond acceptors (Lipinski definition) is 4. The number of anilines is 1. The van der Waals surface area contributed by atoms with Crippen molar-refractivity contribution in [1.29, 1.82) is 0 Å². The number of aliphatic hydroxyl groups is 1. The SMILES string of the molecule is Cc1cc(NCC2(O)CCC(C)(C)CC2)ncn1. The van der Waals surface area contributed by atoms with E-state index in [-0.39, 0.29) is 0 Å². The molecule has 1 aliphatic carbocycles. The van der Waals surface area contributed by atoms with Crippen LogP contribution in [0.1, 0.15) is 45.2 Å². The molecule has 2 rings (SSSR count). The molecule has 100 valence electrons. The average Bonchev–Trinajstić information content (AvgIpc) is 2.32. The third-order valence-corrected chi connectivity index (χ3v) is 3.94. The lowest BCUT2D eigenvalue weighted by Crippen LogP contribution is -2.42. The standard InChI is InChI=1S/C14H23N3O/c1-11-8-12(17-10-16-11)15-9-14(18)6-4-13(2,3)5-7-14/h8,10,18H,4-7,9H2,1-3H3,(H,15,16,17). The van der Waals surface area contributed by atoms with E-state index in [1.807, 2.05) is 13.0 Å². The molecule has 1 aliphatic rings. The van der Waals surface area contributed by atoms with E-state index in [4.69, 9.17) is 0 Å². The Hall–Kier alpha value is -1.16. The molecule has 0 atom stereocenters. The van der Waals surface area contributed by atoms with Gasteiger partial charge in [-0.2, -0.15) is 0 Å². The summed E-state index contributed by atoms with van der Waals surface area (Å²) in [6.45, 7) is 7.05. The van der Waals surface area contributed by atoms with Gasteiger partial charge in [0.2, 0.25) is 0 Å². The smallest absolute Gasteiger partial charge is 0.129 e. The molecule has 0 amide bonds. The minimum atomic E-state index is -0.589. The van der Waals surface area contributed by atoms with Gasteiger partial charge in [0, 0.05) is 18.3 Å². The van der Waals surface area contributed by atoms with E-state index in [0.29, 0.717) is 12.0 Å². The van der Waals surface area contributed by atoms with Crippen LogP contribution < -0.4 is 5.32 Å². The van der Waals surface area contributed by atoms with Crippen molar-refractivity contribution < 1.29 is 5.11 Å². The summed E-state index contributed by atoms with van der Waals surface area (Å²) in [4.78, 5) is 8.21. The molecule has 1 saturated carbocycles. The summed E-state index contributed by atoms with van der Waals surface area (Å²) in [6, 6.07) is 1.90. The highest BCUT2D eigenvalue weighted by molar-refractivity contribution is 5.34. The maximum absolute atomic E-state index is 10.5. The van der Waals surface area contributed by atoms with Crippen LogP contribution in [0, 0.1) is 12.3 Å². The first-order valence-corrected chi connectivity index (χ1v) is 6.64. The van der Waals surface area contributed by atoms with Crippen molar-refractivity contribution in [2.24, 2.45) is 5.41 Å². The zero-order valence-corrected chi connectivity index (χ0v) is 11.5. The van der Waals surface area contributed by atoms with Gasteiger partial charge in [0.1, 0.15) is 12.1 Å². The second-order valence-corrected chi connectivity index (χ2v) is 6.29. The number of aryl methyl sites for hydroxylation is 1. The highest BCUT2D eigenvalue weighted by atomic mass is 16.3. The lowest BCUT2D eigenvalue weighted by atomic mass is 9.71. The van der Waals surface area contributed by atoms with Crippen molar-refractivity contribution in [3.8, 4) is 0 Å². The van der Waals surface area contributed by atoms with E-state index in [2.05, 4.69) is 29.1 Å². The Bertz CT molecular complexity index is 407. The number of aromatic nitrogens is 2. The molecule has 1 aromatic rings. The average molecular weight is 249 g/mol. The van der Waals surface area contributed by atoms with Crippen LogP contribution in [-0.2, 0) is 0 Å². The summed E-state index contributed by atoms with van der Waals surface area (Å²) in [5.74, 6) is 0.792. The van der Waals surface area contributed by atoms with E-state index >= 15 is 0 Å². The maximum Gasteiger partial charge on any atom is 0.129 e. The minimum Gasteiger partial charge on any atom is -0.388 e. The van der Waals surface area contributed by atoms with Crippen LogP contribution in [0.2, 0.25) is 0 Å². The van der Waals surface area contributed by atoms with Gasteiger partial charge in [-0.25, -0.2) is 9.97 Å². The van der Waals surface area contributed by atoms with Crippen molar-refractivity contribution in [1.82, 2.24) is 9.97 Å². The zero-order chi connectivity index (χ0) is 13.2. The highest BCUT2D eigenvalue weighted by Gasteiger charge is 2.36. The molecular formula is C14H23N3O. The van der Waals surface area contributed by atoms with Gasteiger partial charge in [0.25, 0.3) is 0 Å². The minimum absolute atomic E-state index is 0.373. The fourth-order valence-electron chi connectivity index (χ4n) is 2.38. The number of hydrogen-bond donors (Lipinski definition) is 2. The van der Waals surface area contributed by atoms with Crippen LogP contribution >= 0.6 is 0 Å². The van der Waals surface area contributed by atoms with Gasteiger partial charge in [0.15, 0.2) is 0 Å². The van der Waals surface area contributed by atoms with Gasteiger partial charge in [-0.1, -0.05) is 13.8 Å². The monoisotopic (exact) mass is 249 g/mol. The van der Waals surface area contributed by atoms with Gasteiger partial charge in [-0.15, -0.1) is 0 Å². The summed E-state index contributed by atoms with van der Waals surface area (Å²) in [5.41, 5.74) is 0.718. The van der Waals surface area contributed by atoms with Crippen LogP contribution in [-0.4, -0.2) is 27.2 Å². The van der Waals surface area contributed by atoms with Crippen LogP contribution in [0.4, 0.5) is 5.82 Å². The number of nitrogens with one attached hydrogen (secondary N) is 1. The van der Waals surface area contributed by atoms with E-state index in [9.17, 15) is 5.11 Å². The Morgan fingerprint density at radius 3 is 2.50 bits per heavy atom. The quantitative estimate of drug-likeness (QED) is 0.864. The first kappa shape index (κ1) is 13.3. The first-order chi connectivity index (χ1) is 8.39. The van der Waals surface area contributed by atoms with Crippen LogP contribution in [0.3, 0.4) is 0 Å². The molecule has 0 radical (unpaired) electrons. The number of nitrogens with zero attached hydrogens (tertiary/aromatic N) is 2. The molecule has 4 heteroatoms. The van der Waals surface area contributed by atoms with E-state index in [1.165, 1.54) is 0 Å². The molecule has 4 nitrogen and oxygen atoms in total. The van der Waals surface area contributed by atoms with Crippen LogP contribution in [0.15, 0.2) is 12.4 Å². The van der Waals surface area contributed by atoms with Gasteiger partial charge in [0.05, 0.1) is 5.60 Å². The van der Waals surface area contributed by atoms with Crippen molar-refractivity contribution in [2.75, 3.05) is 11.9 Å². The molecule has 0 aliphatic heterocycles. The summed E-state index contributed by atoms with van der Waals surface area (Å²) in [6.07, 6.45) is 5.42. The fourth-order valence-corrected chi connectivity index (χ4v) is 2.38. The Labute approximate surface area is 109 Å². The summed E-state index contributed by atoms with van der Waals surface area (Å²) in [5, 5.41) is 13.8. The van der Waals surface area contributed by atoms with Gasteiger partial charge in [-0.3, -0.25) is 0 Å². The Morgan fingerprint density at radius 1 is 1.22 bits per heavy atom. The molecule has 0 bridgehead atoms. The number of rotatable bonds is 3. The van der Waals surface area contributed by atoms with Crippen LogP contribution in [0.5, 0.6) is 0 Å². The van der Waals surface area contributed by atoms with E-state index in [0.717, 1.165) is 37.2 Å².